The van der Waals surface area contributed by atoms with Crippen LogP contribution in [0, 0.1) is 19.8 Å². The van der Waals surface area contributed by atoms with Crippen molar-refractivity contribution in [3.63, 3.8) is 0 Å². The average molecular weight is 278 g/mol. The molecule has 20 heavy (non-hydrogen) atoms. The number of hydrogen-bond acceptors (Lipinski definition) is 3. The van der Waals surface area contributed by atoms with E-state index in [2.05, 4.69) is 50.9 Å². The van der Waals surface area contributed by atoms with Gasteiger partial charge in [-0.2, -0.15) is 0 Å². The van der Waals surface area contributed by atoms with Crippen LogP contribution in [0.1, 0.15) is 57.2 Å². The number of hydrogen-bond donors (Lipinski definition) is 1. The summed E-state index contributed by atoms with van der Waals surface area (Å²) < 4.78 is 5.71. The second-order valence-electron chi connectivity index (χ2n) is 6.49. The second kappa shape index (κ2) is 6.31. The molecule has 0 saturated carbocycles. The van der Waals surface area contributed by atoms with Crippen LogP contribution in [0.5, 0.6) is 0 Å². The van der Waals surface area contributed by atoms with E-state index in [0.29, 0.717) is 18.1 Å². The van der Waals surface area contributed by atoms with Gasteiger partial charge in [0.1, 0.15) is 11.5 Å². The summed E-state index contributed by atoms with van der Waals surface area (Å²) in [5, 5.41) is 3.71. The highest BCUT2D eigenvalue weighted by atomic mass is 16.3. The fraction of sp³-hybridized carbons (Fsp3) is 0.765. The predicted octanol–water partition coefficient (Wildman–Crippen LogP) is 3.67. The Kier molecular flexibility index (Phi) is 4.92. The first-order valence-corrected chi connectivity index (χ1v) is 8.00. The third kappa shape index (κ3) is 3.09. The molecule has 1 saturated heterocycles. The van der Waals surface area contributed by atoms with Crippen LogP contribution < -0.4 is 5.32 Å². The summed E-state index contributed by atoms with van der Waals surface area (Å²) in [6.45, 7) is 15.6. The number of aryl methyl sites for hydroxylation is 2. The van der Waals surface area contributed by atoms with Crippen molar-refractivity contribution in [1.29, 1.82) is 0 Å². The lowest BCUT2D eigenvalue weighted by Crippen LogP contribution is -2.57. The van der Waals surface area contributed by atoms with Crippen molar-refractivity contribution < 1.29 is 4.42 Å². The van der Waals surface area contributed by atoms with Crippen LogP contribution in [0.25, 0.3) is 0 Å². The quantitative estimate of drug-likeness (QED) is 0.911. The van der Waals surface area contributed by atoms with Gasteiger partial charge in [-0.15, -0.1) is 0 Å². The predicted molar refractivity (Wildman–Crippen MR) is 84.0 cm³/mol. The van der Waals surface area contributed by atoms with Gasteiger partial charge in [-0.3, -0.25) is 4.90 Å². The van der Waals surface area contributed by atoms with E-state index < -0.39 is 0 Å². The molecule has 1 aromatic heterocycles. The van der Waals surface area contributed by atoms with Crippen LogP contribution in [0.4, 0.5) is 0 Å². The van der Waals surface area contributed by atoms with Crippen molar-refractivity contribution in [3.05, 3.63) is 23.2 Å². The molecular formula is C17H30N2O. The van der Waals surface area contributed by atoms with Gasteiger partial charge in [0.25, 0.3) is 0 Å². The molecule has 0 radical (unpaired) electrons. The number of nitrogens with one attached hydrogen (secondary N) is 1. The SMILES string of the molecule is CCC(C)C1CN(C(C)c2cc(C)oc2C)C(C)CN1. The number of furan rings is 1. The summed E-state index contributed by atoms with van der Waals surface area (Å²) in [4.78, 5) is 2.63. The molecule has 0 bridgehead atoms. The maximum Gasteiger partial charge on any atom is 0.105 e. The van der Waals surface area contributed by atoms with Crippen molar-refractivity contribution in [1.82, 2.24) is 10.2 Å². The monoisotopic (exact) mass is 278 g/mol. The third-order valence-corrected chi connectivity index (χ3v) is 5.01. The summed E-state index contributed by atoms with van der Waals surface area (Å²) in [5.41, 5.74) is 1.35. The van der Waals surface area contributed by atoms with Crippen molar-refractivity contribution in [2.45, 2.75) is 66.1 Å². The molecule has 0 amide bonds. The minimum absolute atomic E-state index is 0.427. The molecule has 1 aliphatic heterocycles. The Hall–Kier alpha value is -0.800. The largest absolute Gasteiger partial charge is 0.466 e. The van der Waals surface area contributed by atoms with Gasteiger partial charge in [-0.05, 0) is 39.7 Å². The molecular weight excluding hydrogens is 248 g/mol. The maximum atomic E-state index is 5.71. The fourth-order valence-corrected chi connectivity index (χ4v) is 3.36. The molecule has 4 unspecified atom stereocenters. The smallest absolute Gasteiger partial charge is 0.105 e. The molecule has 1 fully saturated rings. The molecule has 114 valence electrons. The van der Waals surface area contributed by atoms with Crippen LogP contribution in [0.2, 0.25) is 0 Å². The van der Waals surface area contributed by atoms with Gasteiger partial charge in [0, 0.05) is 36.8 Å². The Morgan fingerprint density at radius 3 is 2.65 bits per heavy atom. The first-order valence-electron chi connectivity index (χ1n) is 8.00. The minimum atomic E-state index is 0.427. The van der Waals surface area contributed by atoms with Gasteiger partial charge in [-0.1, -0.05) is 20.3 Å². The Labute approximate surface area is 123 Å². The maximum absolute atomic E-state index is 5.71. The first-order chi connectivity index (χ1) is 9.43. The molecule has 3 nitrogen and oxygen atoms in total. The van der Waals surface area contributed by atoms with E-state index in [0.717, 1.165) is 30.5 Å². The van der Waals surface area contributed by atoms with Crippen LogP contribution in [-0.2, 0) is 0 Å². The number of rotatable bonds is 4. The lowest BCUT2D eigenvalue weighted by Gasteiger charge is -2.44. The standard InChI is InChI=1S/C17H30N2O/c1-7-11(2)17-10-19(12(3)9-18-17)14(5)16-8-13(4)20-15(16)6/h8,11-12,14,17-18H,7,9-10H2,1-6H3. The zero-order valence-corrected chi connectivity index (χ0v) is 13.9. The molecule has 2 heterocycles. The van der Waals surface area contributed by atoms with Gasteiger partial charge in [0.15, 0.2) is 0 Å². The summed E-state index contributed by atoms with van der Waals surface area (Å²) in [5.74, 6) is 2.82. The summed E-state index contributed by atoms with van der Waals surface area (Å²) in [7, 11) is 0. The van der Waals surface area contributed by atoms with E-state index in [-0.39, 0.29) is 0 Å². The lowest BCUT2D eigenvalue weighted by molar-refractivity contribution is 0.0813. The highest BCUT2D eigenvalue weighted by Crippen LogP contribution is 2.30. The van der Waals surface area contributed by atoms with Gasteiger partial charge in [0.2, 0.25) is 0 Å². The van der Waals surface area contributed by atoms with E-state index in [4.69, 9.17) is 4.42 Å². The summed E-state index contributed by atoms with van der Waals surface area (Å²) >= 11 is 0. The first kappa shape index (κ1) is 15.6. The fourth-order valence-electron chi connectivity index (χ4n) is 3.36. The Bertz CT molecular complexity index is 440. The Balaban J connectivity index is 2.14. The summed E-state index contributed by atoms with van der Waals surface area (Å²) in [6.07, 6.45) is 1.23. The lowest BCUT2D eigenvalue weighted by atomic mass is 9.94. The minimum Gasteiger partial charge on any atom is -0.466 e. The van der Waals surface area contributed by atoms with Crippen LogP contribution in [-0.4, -0.2) is 30.1 Å². The zero-order valence-electron chi connectivity index (χ0n) is 13.9. The van der Waals surface area contributed by atoms with Gasteiger partial charge in [-0.25, -0.2) is 0 Å². The Morgan fingerprint density at radius 2 is 2.10 bits per heavy atom. The van der Waals surface area contributed by atoms with Crippen molar-refractivity contribution in [2.75, 3.05) is 13.1 Å². The molecule has 0 aromatic carbocycles. The number of nitrogens with zero attached hydrogens (tertiary/aromatic N) is 1. The van der Waals surface area contributed by atoms with E-state index in [1.54, 1.807) is 0 Å². The van der Waals surface area contributed by atoms with E-state index in [1.165, 1.54) is 12.0 Å². The summed E-state index contributed by atoms with van der Waals surface area (Å²) in [6, 6.07) is 3.80. The topological polar surface area (TPSA) is 28.4 Å². The highest BCUT2D eigenvalue weighted by molar-refractivity contribution is 5.24. The third-order valence-electron chi connectivity index (χ3n) is 5.01. The van der Waals surface area contributed by atoms with Gasteiger partial charge >= 0.3 is 0 Å². The molecule has 1 aromatic rings. The van der Waals surface area contributed by atoms with Gasteiger partial charge in [0.05, 0.1) is 0 Å². The molecule has 1 aliphatic rings. The normalized spacial score (nSPS) is 27.5. The molecule has 3 heteroatoms. The molecule has 0 spiro atoms. The highest BCUT2D eigenvalue weighted by Gasteiger charge is 2.32. The second-order valence-corrected chi connectivity index (χ2v) is 6.49. The van der Waals surface area contributed by atoms with Crippen LogP contribution in [0.15, 0.2) is 10.5 Å². The molecule has 1 N–H and O–H groups in total. The van der Waals surface area contributed by atoms with Crippen LogP contribution >= 0.6 is 0 Å². The van der Waals surface area contributed by atoms with E-state index in [1.807, 2.05) is 6.92 Å². The molecule has 4 atom stereocenters. The van der Waals surface area contributed by atoms with Crippen molar-refractivity contribution >= 4 is 0 Å². The van der Waals surface area contributed by atoms with E-state index in [9.17, 15) is 0 Å². The zero-order chi connectivity index (χ0) is 14.9. The van der Waals surface area contributed by atoms with E-state index >= 15 is 0 Å². The number of piperazine rings is 1. The average Bonchev–Trinajstić information content (AvgIpc) is 2.76. The molecule has 0 aliphatic carbocycles. The van der Waals surface area contributed by atoms with Gasteiger partial charge < -0.3 is 9.73 Å². The van der Waals surface area contributed by atoms with Crippen molar-refractivity contribution in [2.24, 2.45) is 5.92 Å². The van der Waals surface area contributed by atoms with Crippen molar-refractivity contribution in [3.8, 4) is 0 Å². The van der Waals surface area contributed by atoms with Crippen LogP contribution in [0.3, 0.4) is 0 Å². The Morgan fingerprint density at radius 1 is 1.40 bits per heavy atom. The molecule has 2 rings (SSSR count).